The van der Waals surface area contributed by atoms with E-state index >= 15 is 0 Å². The lowest BCUT2D eigenvalue weighted by Gasteiger charge is -1.94. The Morgan fingerprint density at radius 2 is 1.67 bits per heavy atom. The van der Waals surface area contributed by atoms with E-state index in [1.807, 2.05) is 42.5 Å². The van der Waals surface area contributed by atoms with Crippen molar-refractivity contribution in [3.8, 4) is 0 Å². The minimum Gasteiger partial charge on any atom is -0.207 e. The van der Waals surface area contributed by atoms with Gasteiger partial charge in [-0.25, -0.2) is 4.39 Å². The standard InChI is InChI=1S/C14H10F/c15-14-8-4-7-13(11-14)10-9-12-5-2-1-3-6-12/h2-11H/b10-9+. The minimum atomic E-state index is -0.210. The number of benzene rings is 2. The highest BCUT2D eigenvalue weighted by molar-refractivity contribution is 5.69. The Labute approximate surface area is 88.7 Å². The Morgan fingerprint density at radius 3 is 2.40 bits per heavy atom. The fraction of sp³-hybridized carbons (Fsp3) is 0. The van der Waals surface area contributed by atoms with E-state index in [1.54, 1.807) is 6.07 Å². The predicted molar refractivity (Wildman–Crippen MR) is 60.6 cm³/mol. The first kappa shape index (κ1) is 9.66. The molecule has 73 valence electrons. The molecule has 0 aliphatic carbocycles. The summed E-state index contributed by atoms with van der Waals surface area (Å²) in [6.45, 7) is 0. The first-order valence-corrected chi connectivity index (χ1v) is 4.74. The van der Waals surface area contributed by atoms with Gasteiger partial charge in [-0.1, -0.05) is 48.6 Å². The molecule has 0 saturated heterocycles. The van der Waals surface area contributed by atoms with Crippen LogP contribution in [0.25, 0.3) is 12.2 Å². The summed E-state index contributed by atoms with van der Waals surface area (Å²) in [5.41, 5.74) is 1.95. The molecule has 0 N–H and O–H groups in total. The first-order chi connectivity index (χ1) is 7.34. The number of halogens is 1. The van der Waals surface area contributed by atoms with Crippen LogP contribution in [0.5, 0.6) is 0 Å². The molecule has 0 aliphatic heterocycles. The molecule has 0 aromatic heterocycles. The second kappa shape index (κ2) is 4.56. The third-order valence-corrected chi connectivity index (χ3v) is 2.06. The fourth-order valence-corrected chi connectivity index (χ4v) is 1.31. The quantitative estimate of drug-likeness (QED) is 0.642. The van der Waals surface area contributed by atoms with Crippen molar-refractivity contribution in [3.05, 3.63) is 71.5 Å². The minimum absolute atomic E-state index is 0.210. The molecule has 0 amide bonds. The summed E-state index contributed by atoms with van der Waals surface area (Å²) in [5.74, 6) is -0.210. The average molecular weight is 197 g/mol. The summed E-state index contributed by atoms with van der Waals surface area (Å²) in [7, 11) is 0. The van der Waals surface area contributed by atoms with E-state index in [2.05, 4.69) is 6.07 Å². The van der Waals surface area contributed by atoms with Crippen LogP contribution in [0.2, 0.25) is 0 Å². The molecule has 0 fully saturated rings. The molecule has 1 heteroatoms. The van der Waals surface area contributed by atoms with Crippen molar-refractivity contribution >= 4 is 12.2 Å². The molecule has 0 aliphatic rings. The maximum atomic E-state index is 12.9. The van der Waals surface area contributed by atoms with Gasteiger partial charge in [0.05, 0.1) is 0 Å². The topological polar surface area (TPSA) is 0 Å². The Bertz CT molecular complexity index is 458. The van der Waals surface area contributed by atoms with Gasteiger partial charge in [0.15, 0.2) is 0 Å². The van der Waals surface area contributed by atoms with Gasteiger partial charge in [0, 0.05) is 0 Å². The summed E-state index contributed by atoms with van der Waals surface area (Å²) in [5, 5.41) is 0. The van der Waals surface area contributed by atoms with Gasteiger partial charge < -0.3 is 0 Å². The van der Waals surface area contributed by atoms with Crippen LogP contribution >= 0.6 is 0 Å². The second-order valence-electron chi connectivity index (χ2n) is 3.22. The van der Waals surface area contributed by atoms with Gasteiger partial charge in [0.2, 0.25) is 0 Å². The van der Waals surface area contributed by atoms with Crippen LogP contribution in [0.15, 0.2) is 48.5 Å². The van der Waals surface area contributed by atoms with Crippen molar-refractivity contribution < 1.29 is 4.39 Å². The third-order valence-electron chi connectivity index (χ3n) is 2.06. The molecule has 0 bridgehead atoms. The van der Waals surface area contributed by atoms with E-state index in [4.69, 9.17) is 0 Å². The van der Waals surface area contributed by atoms with Crippen molar-refractivity contribution in [3.63, 3.8) is 0 Å². The highest BCUT2D eigenvalue weighted by Gasteiger charge is 1.90. The van der Waals surface area contributed by atoms with Gasteiger partial charge >= 0.3 is 0 Å². The molecule has 1 radical (unpaired) electrons. The Kier molecular flexibility index (Phi) is 2.93. The van der Waals surface area contributed by atoms with Crippen LogP contribution in [0.4, 0.5) is 4.39 Å². The highest BCUT2D eigenvalue weighted by Crippen LogP contribution is 2.09. The van der Waals surface area contributed by atoms with Crippen LogP contribution < -0.4 is 0 Å². The average Bonchev–Trinajstić information content (AvgIpc) is 2.28. The van der Waals surface area contributed by atoms with E-state index in [0.29, 0.717) is 0 Å². The van der Waals surface area contributed by atoms with Crippen LogP contribution in [-0.4, -0.2) is 0 Å². The molecular weight excluding hydrogens is 187 g/mol. The van der Waals surface area contributed by atoms with E-state index in [1.165, 1.54) is 12.1 Å². The van der Waals surface area contributed by atoms with Crippen LogP contribution in [0.1, 0.15) is 11.1 Å². The SMILES string of the molecule is Fc1cccc(/C=C/c2cc[c]cc2)c1. The monoisotopic (exact) mass is 197 g/mol. The number of hydrogen-bond donors (Lipinski definition) is 0. The molecule has 0 nitrogen and oxygen atoms in total. The Morgan fingerprint density at radius 1 is 0.933 bits per heavy atom. The molecule has 2 aromatic carbocycles. The van der Waals surface area contributed by atoms with E-state index in [0.717, 1.165) is 11.1 Å². The van der Waals surface area contributed by atoms with Gasteiger partial charge in [-0.2, -0.15) is 0 Å². The van der Waals surface area contributed by atoms with Crippen molar-refractivity contribution in [1.82, 2.24) is 0 Å². The van der Waals surface area contributed by atoms with Gasteiger partial charge in [-0.15, -0.1) is 0 Å². The van der Waals surface area contributed by atoms with Gasteiger partial charge in [0.25, 0.3) is 0 Å². The van der Waals surface area contributed by atoms with Gasteiger partial charge in [0.1, 0.15) is 5.82 Å². The fourth-order valence-electron chi connectivity index (χ4n) is 1.31. The molecule has 0 heterocycles. The van der Waals surface area contributed by atoms with Crippen molar-refractivity contribution in [2.75, 3.05) is 0 Å². The Hall–Kier alpha value is -1.89. The van der Waals surface area contributed by atoms with Crippen LogP contribution in [0.3, 0.4) is 0 Å². The maximum Gasteiger partial charge on any atom is 0.123 e. The second-order valence-corrected chi connectivity index (χ2v) is 3.22. The smallest absolute Gasteiger partial charge is 0.123 e. The van der Waals surface area contributed by atoms with Gasteiger partial charge in [-0.3, -0.25) is 0 Å². The zero-order valence-electron chi connectivity index (χ0n) is 8.15. The predicted octanol–water partition coefficient (Wildman–Crippen LogP) is 3.80. The van der Waals surface area contributed by atoms with Crippen LogP contribution in [0, 0.1) is 11.9 Å². The van der Waals surface area contributed by atoms with Crippen molar-refractivity contribution in [2.45, 2.75) is 0 Å². The van der Waals surface area contributed by atoms with E-state index in [9.17, 15) is 4.39 Å². The lowest BCUT2D eigenvalue weighted by Crippen LogP contribution is -1.75. The van der Waals surface area contributed by atoms with Crippen molar-refractivity contribution in [1.29, 1.82) is 0 Å². The summed E-state index contributed by atoms with van der Waals surface area (Å²) in [6.07, 6.45) is 3.83. The lowest BCUT2D eigenvalue weighted by molar-refractivity contribution is 0.627. The largest absolute Gasteiger partial charge is 0.207 e. The maximum absolute atomic E-state index is 12.9. The summed E-state index contributed by atoms with van der Waals surface area (Å²) >= 11 is 0. The molecule has 0 spiro atoms. The molecule has 2 rings (SSSR count). The molecule has 2 aromatic rings. The molecular formula is C14H10F. The Balaban J connectivity index is 2.19. The number of hydrogen-bond acceptors (Lipinski definition) is 0. The highest BCUT2D eigenvalue weighted by atomic mass is 19.1. The first-order valence-electron chi connectivity index (χ1n) is 4.74. The number of rotatable bonds is 2. The van der Waals surface area contributed by atoms with E-state index < -0.39 is 0 Å². The summed E-state index contributed by atoms with van der Waals surface area (Å²) in [4.78, 5) is 0. The molecule has 0 atom stereocenters. The molecule has 15 heavy (non-hydrogen) atoms. The summed E-state index contributed by atoms with van der Waals surface area (Å²) in [6, 6.07) is 17.1. The summed E-state index contributed by atoms with van der Waals surface area (Å²) < 4.78 is 12.9. The molecule has 0 unspecified atom stereocenters. The normalized spacial score (nSPS) is 10.7. The van der Waals surface area contributed by atoms with Crippen molar-refractivity contribution in [2.24, 2.45) is 0 Å². The van der Waals surface area contributed by atoms with Gasteiger partial charge in [-0.05, 0) is 29.3 Å². The third kappa shape index (κ3) is 2.78. The molecule has 0 saturated carbocycles. The zero-order chi connectivity index (χ0) is 10.5. The van der Waals surface area contributed by atoms with Crippen LogP contribution in [-0.2, 0) is 0 Å². The lowest BCUT2D eigenvalue weighted by atomic mass is 10.1. The zero-order valence-corrected chi connectivity index (χ0v) is 8.15. The van der Waals surface area contributed by atoms with E-state index in [-0.39, 0.29) is 5.82 Å².